The Morgan fingerprint density at radius 2 is 2.50 bits per heavy atom. The van der Waals surface area contributed by atoms with Gasteiger partial charge in [-0.25, -0.2) is 4.98 Å². The summed E-state index contributed by atoms with van der Waals surface area (Å²) in [6.07, 6.45) is 2.78. The van der Waals surface area contributed by atoms with Crippen LogP contribution < -0.4 is 5.73 Å². The highest BCUT2D eigenvalue weighted by Gasteiger charge is 2.04. The minimum Gasteiger partial charge on any atom is -0.449 e. The number of nitrogens with two attached hydrogens (primary N) is 1. The van der Waals surface area contributed by atoms with Crippen LogP contribution in [0.15, 0.2) is 10.7 Å². The van der Waals surface area contributed by atoms with Crippen LogP contribution in [0.25, 0.3) is 0 Å². The average molecular weight is 170 g/mol. The van der Waals surface area contributed by atoms with E-state index in [1.165, 1.54) is 0 Å². The highest BCUT2D eigenvalue weighted by molar-refractivity contribution is 4.98. The van der Waals surface area contributed by atoms with Crippen molar-refractivity contribution in [2.75, 3.05) is 6.61 Å². The second kappa shape index (κ2) is 4.23. The van der Waals surface area contributed by atoms with Gasteiger partial charge in [0.2, 0.25) is 0 Å². The van der Waals surface area contributed by atoms with Gasteiger partial charge in [0.1, 0.15) is 6.26 Å². The van der Waals surface area contributed by atoms with Crippen LogP contribution in [0.1, 0.15) is 18.5 Å². The third-order valence-electron chi connectivity index (χ3n) is 1.46. The van der Waals surface area contributed by atoms with Gasteiger partial charge >= 0.3 is 0 Å². The van der Waals surface area contributed by atoms with Gasteiger partial charge in [0.05, 0.1) is 12.3 Å². The highest BCUT2D eigenvalue weighted by Crippen LogP contribution is 2.04. The molecule has 1 atom stereocenters. The van der Waals surface area contributed by atoms with Crippen molar-refractivity contribution < 1.29 is 9.52 Å². The normalized spacial score (nSPS) is 13.2. The molecule has 0 fully saturated rings. The minimum absolute atomic E-state index is 0.0676. The summed E-state index contributed by atoms with van der Waals surface area (Å²) in [4.78, 5) is 4.13. The monoisotopic (exact) mass is 170 g/mol. The lowest BCUT2D eigenvalue weighted by molar-refractivity contribution is 0.285. The number of rotatable bonds is 4. The van der Waals surface area contributed by atoms with Crippen LogP contribution >= 0.6 is 0 Å². The molecule has 0 aliphatic heterocycles. The van der Waals surface area contributed by atoms with Crippen molar-refractivity contribution in [3.05, 3.63) is 17.8 Å². The van der Waals surface area contributed by atoms with Crippen molar-refractivity contribution in [3.63, 3.8) is 0 Å². The van der Waals surface area contributed by atoms with E-state index in [0.717, 1.165) is 12.1 Å². The standard InChI is InChI=1S/C8H14N2O2/c1-6(9)4-7-5-12-8(10-7)2-3-11/h5-6,11H,2-4,9H2,1H3. The third-order valence-corrected chi connectivity index (χ3v) is 1.46. The van der Waals surface area contributed by atoms with Crippen molar-refractivity contribution in [1.82, 2.24) is 4.98 Å². The summed E-state index contributed by atoms with van der Waals surface area (Å²) in [5, 5.41) is 8.59. The predicted octanol–water partition coefficient (Wildman–Crippen LogP) is 0.0991. The molecule has 4 heteroatoms. The van der Waals surface area contributed by atoms with Gasteiger partial charge < -0.3 is 15.3 Å². The Kier molecular flexibility index (Phi) is 3.25. The molecular formula is C8H14N2O2. The lowest BCUT2D eigenvalue weighted by atomic mass is 10.2. The van der Waals surface area contributed by atoms with E-state index in [0.29, 0.717) is 12.3 Å². The summed E-state index contributed by atoms with van der Waals surface area (Å²) < 4.78 is 5.08. The summed E-state index contributed by atoms with van der Waals surface area (Å²) >= 11 is 0. The van der Waals surface area contributed by atoms with Crippen molar-refractivity contribution >= 4 is 0 Å². The van der Waals surface area contributed by atoms with Crippen molar-refractivity contribution in [2.45, 2.75) is 25.8 Å². The number of nitrogens with zero attached hydrogens (tertiary/aromatic N) is 1. The lowest BCUT2D eigenvalue weighted by Gasteiger charge is -1.98. The first-order valence-corrected chi connectivity index (χ1v) is 4.02. The fourth-order valence-corrected chi connectivity index (χ4v) is 0.983. The highest BCUT2D eigenvalue weighted by atomic mass is 16.3. The minimum atomic E-state index is 0.0676. The van der Waals surface area contributed by atoms with Gasteiger partial charge in [0.25, 0.3) is 0 Å². The van der Waals surface area contributed by atoms with Gasteiger partial charge in [0, 0.05) is 18.9 Å². The molecule has 0 radical (unpaired) electrons. The Morgan fingerprint density at radius 3 is 3.08 bits per heavy atom. The maximum absolute atomic E-state index is 8.59. The van der Waals surface area contributed by atoms with E-state index in [1.807, 2.05) is 6.92 Å². The Hall–Kier alpha value is -0.870. The molecule has 0 aromatic carbocycles. The molecule has 0 aliphatic carbocycles. The maximum atomic E-state index is 8.59. The molecule has 1 aromatic rings. The molecule has 68 valence electrons. The average Bonchev–Trinajstić information content (AvgIpc) is 2.36. The Morgan fingerprint density at radius 1 is 1.75 bits per heavy atom. The van der Waals surface area contributed by atoms with Gasteiger partial charge in [-0.1, -0.05) is 0 Å². The quantitative estimate of drug-likeness (QED) is 0.672. The first kappa shape index (κ1) is 9.22. The third kappa shape index (κ3) is 2.64. The Labute approximate surface area is 71.4 Å². The van der Waals surface area contributed by atoms with Gasteiger partial charge in [-0.15, -0.1) is 0 Å². The zero-order valence-electron chi connectivity index (χ0n) is 7.16. The molecule has 3 N–H and O–H groups in total. The number of aliphatic hydroxyl groups excluding tert-OH is 1. The van der Waals surface area contributed by atoms with Gasteiger partial charge in [0.15, 0.2) is 5.89 Å². The first-order chi connectivity index (χ1) is 5.72. The summed E-state index contributed by atoms with van der Waals surface area (Å²) in [6, 6.07) is 0.0945. The topological polar surface area (TPSA) is 72.3 Å². The van der Waals surface area contributed by atoms with E-state index in [9.17, 15) is 0 Å². The van der Waals surface area contributed by atoms with Crippen LogP contribution in [0.4, 0.5) is 0 Å². The van der Waals surface area contributed by atoms with Gasteiger partial charge in [-0.05, 0) is 6.92 Å². The Bertz CT molecular complexity index is 233. The first-order valence-electron chi connectivity index (χ1n) is 4.02. The van der Waals surface area contributed by atoms with Crippen LogP contribution in [-0.4, -0.2) is 22.7 Å². The number of hydrogen-bond donors (Lipinski definition) is 2. The van der Waals surface area contributed by atoms with Crippen molar-refractivity contribution in [2.24, 2.45) is 5.73 Å². The second-order valence-corrected chi connectivity index (χ2v) is 2.89. The molecule has 0 spiro atoms. The van der Waals surface area contributed by atoms with Crippen LogP contribution in [0, 0.1) is 0 Å². The molecule has 0 aliphatic rings. The molecule has 4 nitrogen and oxygen atoms in total. The SMILES string of the molecule is CC(N)Cc1coc(CCO)n1. The number of aromatic nitrogens is 1. The Balaban J connectivity index is 2.52. The predicted molar refractivity (Wildman–Crippen MR) is 44.6 cm³/mol. The zero-order valence-corrected chi connectivity index (χ0v) is 7.16. The van der Waals surface area contributed by atoms with Crippen molar-refractivity contribution in [1.29, 1.82) is 0 Å². The van der Waals surface area contributed by atoms with E-state index < -0.39 is 0 Å². The molecule has 1 heterocycles. The molecule has 0 bridgehead atoms. The smallest absolute Gasteiger partial charge is 0.196 e. The molecule has 1 rings (SSSR count). The number of aliphatic hydroxyl groups is 1. The fourth-order valence-electron chi connectivity index (χ4n) is 0.983. The van der Waals surface area contributed by atoms with E-state index in [1.54, 1.807) is 6.26 Å². The number of oxazole rings is 1. The largest absolute Gasteiger partial charge is 0.449 e. The summed E-state index contributed by atoms with van der Waals surface area (Å²) in [7, 11) is 0. The van der Waals surface area contributed by atoms with Crippen LogP contribution in [0.3, 0.4) is 0 Å². The van der Waals surface area contributed by atoms with Gasteiger partial charge in [-0.3, -0.25) is 0 Å². The summed E-state index contributed by atoms with van der Waals surface area (Å²) in [5.74, 6) is 0.577. The molecular weight excluding hydrogens is 156 g/mol. The lowest BCUT2D eigenvalue weighted by Crippen LogP contribution is -2.17. The van der Waals surface area contributed by atoms with Gasteiger partial charge in [-0.2, -0.15) is 0 Å². The van der Waals surface area contributed by atoms with E-state index in [4.69, 9.17) is 15.3 Å². The number of hydrogen-bond acceptors (Lipinski definition) is 4. The second-order valence-electron chi connectivity index (χ2n) is 2.89. The molecule has 0 saturated carbocycles. The maximum Gasteiger partial charge on any atom is 0.196 e. The fraction of sp³-hybridized carbons (Fsp3) is 0.625. The van der Waals surface area contributed by atoms with E-state index >= 15 is 0 Å². The van der Waals surface area contributed by atoms with Crippen LogP contribution in [0.2, 0.25) is 0 Å². The molecule has 1 aromatic heterocycles. The molecule has 12 heavy (non-hydrogen) atoms. The zero-order chi connectivity index (χ0) is 8.97. The summed E-state index contributed by atoms with van der Waals surface area (Å²) in [6.45, 7) is 1.98. The van der Waals surface area contributed by atoms with E-state index in [2.05, 4.69) is 4.98 Å². The molecule has 1 unspecified atom stereocenters. The molecule has 0 amide bonds. The summed E-state index contributed by atoms with van der Waals surface area (Å²) in [5.41, 5.74) is 6.43. The van der Waals surface area contributed by atoms with Crippen LogP contribution in [0.5, 0.6) is 0 Å². The van der Waals surface area contributed by atoms with E-state index in [-0.39, 0.29) is 12.6 Å². The van der Waals surface area contributed by atoms with Crippen LogP contribution in [-0.2, 0) is 12.8 Å². The molecule has 0 saturated heterocycles. The van der Waals surface area contributed by atoms with Crippen molar-refractivity contribution in [3.8, 4) is 0 Å².